The highest BCUT2D eigenvalue weighted by Gasteiger charge is 2.23. The minimum Gasteiger partial charge on any atom is -0.291 e. The molecule has 37 heavy (non-hydrogen) atoms. The maximum atomic E-state index is 13.8. The van der Waals surface area contributed by atoms with Crippen molar-refractivity contribution < 1.29 is 0 Å². The van der Waals surface area contributed by atoms with Crippen LogP contribution in [-0.2, 0) is 18.5 Å². The molecular formula is C26H30N10O. The number of benzene rings is 1. The number of aryl methyl sites for hydroxylation is 1. The Morgan fingerprint density at radius 1 is 1.05 bits per heavy atom. The molecule has 0 amide bonds. The maximum absolute atomic E-state index is 13.8. The molecule has 0 fully saturated rings. The highest BCUT2D eigenvalue weighted by molar-refractivity contribution is 5.69. The topological polar surface area (TPSA) is 125 Å². The number of aromatic amines is 1. The first-order chi connectivity index (χ1) is 17.9. The average Bonchev–Trinajstić information content (AvgIpc) is 3.65. The molecule has 0 saturated heterocycles. The van der Waals surface area contributed by atoms with Gasteiger partial charge in [-0.1, -0.05) is 37.6 Å². The largest absolute Gasteiger partial charge is 0.335 e. The Balaban J connectivity index is 1.54. The molecule has 5 rings (SSSR count). The minimum absolute atomic E-state index is 0.146. The lowest BCUT2D eigenvalue weighted by Crippen LogP contribution is -2.31. The van der Waals surface area contributed by atoms with Crippen LogP contribution in [0.15, 0.2) is 60.0 Å². The Labute approximate surface area is 214 Å². The van der Waals surface area contributed by atoms with Gasteiger partial charge in [0.15, 0.2) is 5.82 Å². The molecule has 0 unspecified atom stereocenters. The van der Waals surface area contributed by atoms with Crippen LogP contribution in [0.5, 0.6) is 0 Å². The van der Waals surface area contributed by atoms with Crippen molar-refractivity contribution >= 4 is 0 Å². The number of hydrogen-bond donors (Lipinski definition) is 1. The van der Waals surface area contributed by atoms with Gasteiger partial charge in [0, 0.05) is 29.8 Å². The lowest BCUT2D eigenvalue weighted by atomic mass is 10.00. The van der Waals surface area contributed by atoms with Crippen LogP contribution in [0.2, 0.25) is 0 Å². The van der Waals surface area contributed by atoms with Gasteiger partial charge in [0.05, 0.1) is 12.1 Å². The summed E-state index contributed by atoms with van der Waals surface area (Å²) in [5.41, 5.74) is 4.36. The first-order valence-electron chi connectivity index (χ1n) is 12.4. The van der Waals surface area contributed by atoms with Crippen LogP contribution >= 0.6 is 0 Å². The molecule has 0 aliphatic carbocycles. The number of tetrazole rings is 1. The van der Waals surface area contributed by atoms with Crippen molar-refractivity contribution in [3.8, 4) is 28.5 Å². The molecule has 4 aromatic heterocycles. The summed E-state index contributed by atoms with van der Waals surface area (Å²) in [6.07, 6.45) is 9.79. The fraction of sp³-hybridized carbons (Fsp3) is 0.346. The van der Waals surface area contributed by atoms with Gasteiger partial charge in [0.2, 0.25) is 5.95 Å². The van der Waals surface area contributed by atoms with Crippen LogP contribution in [0.4, 0.5) is 0 Å². The van der Waals surface area contributed by atoms with Crippen molar-refractivity contribution in [3.05, 3.63) is 77.0 Å². The summed E-state index contributed by atoms with van der Waals surface area (Å²) in [4.78, 5) is 22.6. The molecule has 0 aliphatic heterocycles. The van der Waals surface area contributed by atoms with Gasteiger partial charge in [0.25, 0.3) is 0 Å². The predicted octanol–water partition coefficient (Wildman–Crippen LogP) is 3.62. The van der Waals surface area contributed by atoms with E-state index in [0.29, 0.717) is 18.3 Å². The highest BCUT2D eigenvalue weighted by atomic mass is 16.2. The molecule has 190 valence electrons. The van der Waals surface area contributed by atoms with E-state index in [1.165, 1.54) is 6.33 Å². The van der Waals surface area contributed by atoms with Crippen LogP contribution < -0.4 is 5.69 Å². The Morgan fingerprint density at radius 2 is 1.84 bits per heavy atom. The Hall–Kier alpha value is -4.41. The number of rotatable bonds is 8. The predicted molar refractivity (Wildman–Crippen MR) is 139 cm³/mol. The summed E-state index contributed by atoms with van der Waals surface area (Å²) < 4.78 is 5.22. The SMILES string of the molecule is CCCCc1cn(-c2ncnn2C(C)(C)C)c(=O)n1Cc1cnccc1-c1ccc(-c2nnn[nH]2)cc1. The lowest BCUT2D eigenvalue weighted by Gasteiger charge is -2.20. The van der Waals surface area contributed by atoms with E-state index >= 15 is 0 Å². The third-order valence-corrected chi connectivity index (χ3v) is 6.28. The van der Waals surface area contributed by atoms with E-state index in [9.17, 15) is 4.79 Å². The molecule has 0 aliphatic rings. The van der Waals surface area contributed by atoms with Gasteiger partial charge in [-0.25, -0.2) is 19.1 Å². The first-order valence-corrected chi connectivity index (χ1v) is 12.4. The summed E-state index contributed by atoms with van der Waals surface area (Å²) in [6, 6.07) is 9.96. The zero-order chi connectivity index (χ0) is 26.0. The molecule has 11 nitrogen and oxygen atoms in total. The van der Waals surface area contributed by atoms with Crippen molar-refractivity contribution in [3.63, 3.8) is 0 Å². The van der Waals surface area contributed by atoms with Gasteiger partial charge in [-0.2, -0.15) is 10.1 Å². The zero-order valence-corrected chi connectivity index (χ0v) is 21.5. The summed E-state index contributed by atoms with van der Waals surface area (Å²) in [6.45, 7) is 8.66. The Kier molecular flexibility index (Phi) is 6.51. The monoisotopic (exact) mass is 498 g/mol. The molecule has 11 heteroatoms. The van der Waals surface area contributed by atoms with E-state index in [1.807, 2.05) is 68.1 Å². The standard InChI is InChI=1S/C26H30N10O/c1-5-6-7-21-16-35(24-28-17-29-36(24)26(2,3)4)25(37)34(21)15-20-14-27-13-12-22(20)18-8-10-19(11-9-18)23-30-32-33-31-23/h8-14,16-17H,5-7,15H2,1-4H3,(H,30,31,32,33). The molecule has 0 spiro atoms. The number of unbranched alkanes of at least 4 members (excludes halogenated alkanes) is 1. The molecule has 4 heterocycles. The number of nitrogens with one attached hydrogen (secondary N) is 1. The van der Waals surface area contributed by atoms with Crippen molar-refractivity contribution in [2.75, 3.05) is 0 Å². The number of pyridine rings is 1. The zero-order valence-electron chi connectivity index (χ0n) is 21.5. The second-order valence-electron chi connectivity index (χ2n) is 9.97. The normalized spacial score (nSPS) is 11.8. The lowest BCUT2D eigenvalue weighted by molar-refractivity contribution is 0.349. The van der Waals surface area contributed by atoms with Crippen LogP contribution in [0.3, 0.4) is 0 Å². The number of H-pyrrole nitrogens is 1. The molecule has 1 N–H and O–H groups in total. The fourth-order valence-electron chi connectivity index (χ4n) is 4.36. The van der Waals surface area contributed by atoms with Crippen molar-refractivity contribution in [1.82, 2.24) is 49.5 Å². The van der Waals surface area contributed by atoms with Crippen LogP contribution in [0.1, 0.15) is 51.8 Å². The maximum Gasteiger partial charge on any atom is 0.335 e. The number of imidazole rings is 1. The van der Waals surface area contributed by atoms with Gasteiger partial charge in [-0.05, 0) is 66.8 Å². The Bertz CT molecular complexity index is 1540. The van der Waals surface area contributed by atoms with E-state index < -0.39 is 0 Å². The average molecular weight is 499 g/mol. The molecule has 0 radical (unpaired) electrons. The third-order valence-electron chi connectivity index (χ3n) is 6.28. The quantitative estimate of drug-likeness (QED) is 0.346. The van der Waals surface area contributed by atoms with E-state index in [-0.39, 0.29) is 11.2 Å². The fourth-order valence-corrected chi connectivity index (χ4v) is 4.36. The van der Waals surface area contributed by atoms with E-state index in [2.05, 4.69) is 42.6 Å². The minimum atomic E-state index is -0.318. The van der Waals surface area contributed by atoms with Crippen molar-refractivity contribution in [2.45, 2.75) is 59.0 Å². The van der Waals surface area contributed by atoms with Crippen LogP contribution in [0.25, 0.3) is 28.5 Å². The van der Waals surface area contributed by atoms with Gasteiger partial charge < -0.3 is 0 Å². The number of nitrogens with zero attached hydrogens (tertiary/aromatic N) is 9. The molecule has 0 bridgehead atoms. The summed E-state index contributed by atoms with van der Waals surface area (Å²) in [5.74, 6) is 1.12. The molecule has 0 atom stereocenters. The molecule has 0 saturated carbocycles. The molecule has 1 aromatic carbocycles. The van der Waals surface area contributed by atoms with Gasteiger partial charge >= 0.3 is 5.69 Å². The summed E-state index contributed by atoms with van der Waals surface area (Å²) >= 11 is 0. The van der Waals surface area contributed by atoms with E-state index in [0.717, 1.165) is 47.2 Å². The van der Waals surface area contributed by atoms with Crippen LogP contribution in [-0.4, -0.2) is 49.5 Å². The third kappa shape index (κ3) is 4.84. The number of aromatic nitrogens is 10. The highest BCUT2D eigenvalue weighted by Crippen LogP contribution is 2.26. The first kappa shape index (κ1) is 24.3. The van der Waals surface area contributed by atoms with Crippen molar-refractivity contribution in [2.24, 2.45) is 0 Å². The number of hydrogen-bond acceptors (Lipinski definition) is 7. The second kappa shape index (κ2) is 9.92. The smallest absolute Gasteiger partial charge is 0.291 e. The van der Waals surface area contributed by atoms with Crippen molar-refractivity contribution in [1.29, 1.82) is 0 Å². The molecular weight excluding hydrogens is 468 g/mol. The van der Waals surface area contributed by atoms with Crippen LogP contribution in [0, 0.1) is 0 Å². The Morgan fingerprint density at radius 3 is 2.54 bits per heavy atom. The summed E-state index contributed by atoms with van der Waals surface area (Å²) in [5, 5.41) is 18.4. The van der Waals surface area contributed by atoms with Gasteiger partial charge in [0.1, 0.15) is 6.33 Å². The van der Waals surface area contributed by atoms with Gasteiger partial charge in [-0.3, -0.25) is 9.55 Å². The van der Waals surface area contributed by atoms with Gasteiger partial charge in [-0.15, -0.1) is 5.10 Å². The molecule has 5 aromatic rings. The summed E-state index contributed by atoms with van der Waals surface area (Å²) in [7, 11) is 0. The second-order valence-corrected chi connectivity index (χ2v) is 9.97. The van der Waals surface area contributed by atoms with E-state index in [4.69, 9.17) is 0 Å². The van der Waals surface area contributed by atoms with E-state index in [1.54, 1.807) is 15.4 Å².